The summed E-state index contributed by atoms with van der Waals surface area (Å²) < 4.78 is 18.8. The van der Waals surface area contributed by atoms with Crippen LogP contribution in [0.25, 0.3) is 0 Å². The number of para-hydroxylation sites is 2. The van der Waals surface area contributed by atoms with Crippen molar-refractivity contribution < 1.29 is 9.13 Å². The van der Waals surface area contributed by atoms with Crippen LogP contribution >= 0.6 is 0 Å². The number of nitrogens with zero attached hydrogens (tertiary/aromatic N) is 1. The Morgan fingerprint density at radius 2 is 1.95 bits per heavy atom. The molecule has 2 aromatic rings. The van der Waals surface area contributed by atoms with Crippen LogP contribution in [-0.4, -0.2) is 20.7 Å². The Morgan fingerprint density at radius 1 is 1.24 bits per heavy atom. The van der Waals surface area contributed by atoms with Crippen LogP contribution in [0.5, 0.6) is 5.75 Å². The maximum absolute atomic E-state index is 13.4. The van der Waals surface area contributed by atoms with E-state index in [0.717, 1.165) is 17.0 Å². The smallest absolute Gasteiger partial charge is 0.142 e. The Morgan fingerprint density at radius 3 is 2.57 bits per heavy atom. The highest BCUT2D eigenvalue weighted by atomic mass is 19.1. The number of hydrogen-bond acceptors (Lipinski definition) is 3. The second-order valence-electron chi connectivity index (χ2n) is 5.04. The molecule has 2 N–H and O–H groups in total. The zero-order valence-electron chi connectivity index (χ0n) is 12.6. The van der Waals surface area contributed by atoms with E-state index in [-0.39, 0.29) is 11.9 Å². The van der Waals surface area contributed by atoms with Gasteiger partial charge in [-0.1, -0.05) is 24.3 Å². The zero-order valence-corrected chi connectivity index (χ0v) is 12.6. The molecular weight excluding hydrogens is 267 g/mol. The Hall–Kier alpha value is -2.07. The second-order valence-corrected chi connectivity index (χ2v) is 5.04. The summed E-state index contributed by atoms with van der Waals surface area (Å²) in [6, 6.07) is 12.9. The summed E-state index contributed by atoms with van der Waals surface area (Å²) in [6.45, 7) is 2.19. The molecule has 0 saturated carbocycles. The van der Waals surface area contributed by atoms with Gasteiger partial charge in [0, 0.05) is 13.6 Å². The average molecular weight is 288 g/mol. The number of hydrogen-bond donors (Lipinski definition) is 1. The molecule has 2 aromatic carbocycles. The lowest BCUT2D eigenvalue weighted by molar-refractivity contribution is 0.413. The largest absolute Gasteiger partial charge is 0.495 e. The Bertz CT molecular complexity index is 615. The third-order valence-electron chi connectivity index (χ3n) is 3.72. The fraction of sp³-hybridized carbons (Fsp3) is 0.294. The highest BCUT2D eigenvalue weighted by molar-refractivity contribution is 5.59. The predicted molar refractivity (Wildman–Crippen MR) is 84.3 cm³/mol. The normalized spacial score (nSPS) is 12.0. The molecule has 0 spiro atoms. The minimum atomic E-state index is -0.200. The van der Waals surface area contributed by atoms with Gasteiger partial charge in [-0.2, -0.15) is 0 Å². The van der Waals surface area contributed by atoms with E-state index in [1.165, 1.54) is 6.07 Å². The van der Waals surface area contributed by atoms with Crippen LogP contribution in [0.3, 0.4) is 0 Å². The molecule has 0 saturated heterocycles. The van der Waals surface area contributed by atoms with Gasteiger partial charge >= 0.3 is 0 Å². The van der Waals surface area contributed by atoms with Crippen molar-refractivity contribution in [3.8, 4) is 5.75 Å². The van der Waals surface area contributed by atoms with Crippen molar-refractivity contribution in [1.82, 2.24) is 0 Å². The average Bonchev–Trinajstić information content (AvgIpc) is 2.51. The van der Waals surface area contributed by atoms with Gasteiger partial charge in [0.2, 0.25) is 0 Å². The van der Waals surface area contributed by atoms with Crippen molar-refractivity contribution >= 4 is 5.69 Å². The molecule has 112 valence electrons. The first kappa shape index (κ1) is 15.3. The van der Waals surface area contributed by atoms with Gasteiger partial charge in [0.1, 0.15) is 11.6 Å². The van der Waals surface area contributed by atoms with Crippen molar-refractivity contribution in [2.75, 3.05) is 25.6 Å². The van der Waals surface area contributed by atoms with Gasteiger partial charge in [0.25, 0.3) is 0 Å². The zero-order chi connectivity index (χ0) is 15.4. The van der Waals surface area contributed by atoms with E-state index in [4.69, 9.17) is 10.5 Å². The maximum Gasteiger partial charge on any atom is 0.142 e. The highest BCUT2D eigenvalue weighted by Gasteiger charge is 2.19. The van der Waals surface area contributed by atoms with Gasteiger partial charge in [0.15, 0.2) is 0 Å². The maximum atomic E-state index is 13.4. The third-order valence-corrected chi connectivity index (χ3v) is 3.72. The number of likely N-dealkylation sites (N-methyl/N-ethyl adjacent to an activating group) is 1. The quantitative estimate of drug-likeness (QED) is 0.917. The van der Waals surface area contributed by atoms with Crippen LogP contribution in [0.2, 0.25) is 0 Å². The summed E-state index contributed by atoms with van der Waals surface area (Å²) in [5, 5.41) is 0. The molecule has 21 heavy (non-hydrogen) atoms. The topological polar surface area (TPSA) is 38.5 Å². The lowest BCUT2D eigenvalue weighted by Crippen LogP contribution is -2.30. The summed E-state index contributed by atoms with van der Waals surface area (Å²) in [5.74, 6) is 0.590. The number of methoxy groups -OCH3 is 1. The minimum absolute atomic E-state index is 0.0411. The van der Waals surface area contributed by atoms with Crippen molar-refractivity contribution in [3.05, 3.63) is 59.4 Å². The number of halogens is 1. The van der Waals surface area contributed by atoms with E-state index in [2.05, 4.69) is 4.90 Å². The lowest BCUT2D eigenvalue weighted by Gasteiger charge is -2.30. The van der Waals surface area contributed by atoms with Gasteiger partial charge in [-0.05, 0) is 36.2 Å². The van der Waals surface area contributed by atoms with Crippen molar-refractivity contribution in [2.24, 2.45) is 5.73 Å². The van der Waals surface area contributed by atoms with Gasteiger partial charge in [-0.3, -0.25) is 0 Å². The Balaban J connectivity index is 2.38. The highest BCUT2D eigenvalue weighted by Crippen LogP contribution is 2.32. The summed E-state index contributed by atoms with van der Waals surface area (Å²) in [4.78, 5) is 2.06. The Labute approximate surface area is 125 Å². The first-order valence-corrected chi connectivity index (χ1v) is 6.90. The van der Waals surface area contributed by atoms with E-state index in [1.54, 1.807) is 20.1 Å². The van der Waals surface area contributed by atoms with E-state index in [9.17, 15) is 4.39 Å². The van der Waals surface area contributed by atoms with Crippen LogP contribution in [0.4, 0.5) is 10.1 Å². The van der Waals surface area contributed by atoms with Crippen LogP contribution in [0.15, 0.2) is 42.5 Å². The standard InChI is InChI=1S/C17H21FN2O/c1-12-10-13(8-9-14(12)18)16(11-19)20(2)15-6-4-5-7-17(15)21-3/h4-10,16H,11,19H2,1-3H3. The van der Waals surface area contributed by atoms with E-state index < -0.39 is 0 Å². The molecular formula is C17H21FN2O. The van der Waals surface area contributed by atoms with Gasteiger partial charge in [-0.25, -0.2) is 4.39 Å². The van der Waals surface area contributed by atoms with Gasteiger partial charge < -0.3 is 15.4 Å². The van der Waals surface area contributed by atoms with E-state index in [0.29, 0.717) is 12.1 Å². The molecule has 3 nitrogen and oxygen atoms in total. The molecule has 1 unspecified atom stereocenters. The molecule has 0 radical (unpaired) electrons. The molecule has 1 atom stereocenters. The van der Waals surface area contributed by atoms with Crippen molar-refractivity contribution in [3.63, 3.8) is 0 Å². The van der Waals surface area contributed by atoms with Crippen LogP contribution in [0.1, 0.15) is 17.2 Å². The second kappa shape index (κ2) is 6.59. The predicted octanol–water partition coefficient (Wildman–Crippen LogP) is 3.28. The first-order valence-electron chi connectivity index (χ1n) is 6.90. The monoisotopic (exact) mass is 288 g/mol. The van der Waals surface area contributed by atoms with Crippen molar-refractivity contribution in [2.45, 2.75) is 13.0 Å². The fourth-order valence-electron chi connectivity index (χ4n) is 2.48. The van der Waals surface area contributed by atoms with Crippen LogP contribution < -0.4 is 15.4 Å². The lowest BCUT2D eigenvalue weighted by atomic mass is 10.0. The first-order chi connectivity index (χ1) is 10.1. The third kappa shape index (κ3) is 3.16. The summed E-state index contributed by atoms with van der Waals surface area (Å²) in [5.41, 5.74) is 8.52. The number of anilines is 1. The van der Waals surface area contributed by atoms with E-state index in [1.807, 2.05) is 37.4 Å². The SMILES string of the molecule is COc1ccccc1N(C)C(CN)c1ccc(F)c(C)c1. The molecule has 0 aliphatic rings. The molecule has 0 aromatic heterocycles. The van der Waals surface area contributed by atoms with E-state index >= 15 is 0 Å². The Kier molecular flexibility index (Phi) is 4.81. The van der Waals surface area contributed by atoms with Crippen LogP contribution in [-0.2, 0) is 0 Å². The number of rotatable bonds is 5. The summed E-state index contributed by atoms with van der Waals surface area (Å²) in [7, 11) is 3.61. The number of benzene rings is 2. The number of aryl methyl sites for hydroxylation is 1. The van der Waals surface area contributed by atoms with Crippen molar-refractivity contribution in [1.29, 1.82) is 0 Å². The minimum Gasteiger partial charge on any atom is -0.495 e. The van der Waals surface area contributed by atoms with Crippen LogP contribution in [0, 0.1) is 12.7 Å². The fourth-order valence-corrected chi connectivity index (χ4v) is 2.48. The molecule has 0 aliphatic heterocycles. The molecule has 4 heteroatoms. The summed E-state index contributed by atoms with van der Waals surface area (Å²) >= 11 is 0. The summed E-state index contributed by atoms with van der Waals surface area (Å²) in [6.07, 6.45) is 0. The van der Waals surface area contributed by atoms with Gasteiger partial charge in [0.05, 0.1) is 18.8 Å². The molecule has 0 fully saturated rings. The number of ether oxygens (including phenoxy) is 1. The molecule has 0 amide bonds. The van der Waals surface area contributed by atoms with Gasteiger partial charge in [-0.15, -0.1) is 0 Å². The molecule has 2 rings (SSSR count). The molecule has 0 aliphatic carbocycles. The molecule has 0 heterocycles. The molecule has 0 bridgehead atoms. The number of nitrogens with two attached hydrogens (primary N) is 1.